The van der Waals surface area contributed by atoms with Crippen LogP contribution in [0.25, 0.3) is 0 Å². The number of aromatic hydroxyl groups is 2. The van der Waals surface area contributed by atoms with Crippen LogP contribution in [0.3, 0.4) is 0 Å². The van der Waals surface area contributed by atoms with Crippen molar-refractivity contribution in [1.82, 2.24) is 0 Å². The molecule has 0 fully saturated rings. The van der Waals surface area contributed by atoms with Gasteiger partial charge in [-0.25, -0.2) is 4.79 Å². The molecule has 0 atom stereocenters. The zero-order chi connectivity index (χ0) is 17.2. The molecule has 0 saturated carbocycles. The van der Waals surface area contributed by atoms with Crippen LogP contribution >= 0.6 is 0 Å². The Morgan fingerprint density at radius 1 is 0.769 bits per heavy atom. The Morgan fingerprint density at radius 3 is 1.96 bits per heavy atom. The van der Waals surface area contributed by atoms with Gasteiger partial charge in [0, 0.05) is 28.8 Å². The van der Waals surface area contributed by atoms with Crippen LogP contribution in [0.2, 0.25) is 0 Å². The molecule has 130 valence electrons. The number of carbonyl (C=O) groups excluding carboxylic acids is 1. The fraction of sp³-hybridized carbons (Fsp3) is 0.0500. The number of phenols is 2. The Bertz CT molecular complexity index is 1010. The summed E-state index contributed by atoms with van der Waals surface area (Å²) in [7, 11) is 0. The zero-order valence-electron chi connectivity index (χ0n) is 13.6. The molecular formula is C20H15BiO5. The van der Waals surface area contributed by atoms with Gasteiger partial charge in [0.1, 0.15) is 23.0 Å². The molecule has 0 bridgehead atoms. The first-order chi connectivity index (χ1) is 12.1. The zero-order valence-corrected chi connectivity index (χ0v) is 19.1. The van der Waals surface area contributed by atoms with Crippen molar-refractivity contribution < 1.29 is 24.5 Å². The summed E-state index contributed by atoms with van der Waals surface area (Å²) < 4.78 is 11.8. The van der Waals surface area contributed by atoms with Gasteiger partial charge in [-0.1, -0.05) is 18.2 Å². The molecule has 5 nitrogen and oxygen atoms in total. The average Bonchev–Trinajstić information content (AvgIpc) is 2.88. The molecule has 1 spiro atoms. The number of hydrogen-bond acceptors (Lipinski definition) is 5. The molecular weight excluding hydrogens is 529 g/mol. The Labute approximate surface area is 167 Å². The maximum atomic E-state index is 12.5. The average molecular weight is 544 g/mol. The second kappa shape index (κ2) is 5.71. The van der Waals surface area contributed by atoms with E-state index in [0.717, 1.165) is 0 Å². The van der Waals surface area contributed by atoms with Crippen LogP contribution in [0.15, 0.2) is 60.7 Å². The van der Waals surface area contributed by atoms with Crippen molar-refractivity contribution in [3.8, 4) is 23.0 Å². The van der Waals surface area contributed by atoms with E-state index in [9.17, 15) is 15.0 Å². The third-order valence-electron chi connectivity index (χ3n) is 4.68. The van der Waals surface area contributed by atoms with Crippen LogP contribution in [0, 0.1) is 0 Å². The molecule has 2 aliphatic heterocycles. The van der Waals surface area contributed by atoms with Crippen LogP contribution in [0.5, 0.6) is 23.0 Å². The fourth-order valence-electron chi connectivity index (χ4n) is 3.65. The van der Waals surface area contributed by atoms with Crippen molar-refractivity contribution >= 4 is 32.2 Å². The third kappa shape index (κ3) is 2.09. The van der Waals surface area contributed by atoms with Crippen molar-refractivity contribution in [1.29, 1.82) is 0 Å². The van der Waals surface area contributed by atoms with Crippen LogP contribution in [0.1, 0.15) is 27.0 Å². The van der Waals surface area contributed by atoms with Gasteiger partial charge >= 0.3 is 32.2 Å². The molecule has 0 radical (unpaired) electrons. The van der Waals surface area contributed by atoms with Crippen molar-refractivity contribution in [2.75, 3.05) is 0 Å². The van der Waals surface area contributed by atoms with Crippen molar-refractivity contribution in [3.63, 3.8) is 0 Å². The topological polar surface area (TPSA) is 76.0 Å². The van der Waals surface area contributed by atoms with E-state index in [4.69, 9.17) is 9.47 Å². The second-order valence-corrected chi connectivity index (χ2v) is 6.08. The summed E-state index contributed by atoms with van der Waals surface area (Å²) in [6, 6.07) is 16.6. The van der Waals surface area contributed by atoms with E-state index >= 15 is 0 Å². The number of phenolic OH excluding ortho intramolecular Hbond substituents is 2. The SMILES string of the molecule is O=C1OC2(c3ccc(O)cc3Oc3cc(O)ccc32)c2ccccc21.[BiH3]. The van der Waals surface area contributed by atoms with Crippen molar-refractivity contribution in [2.24, 2.45) is 0 Å². The van der Waals surface area contributed by atoms with E-state index in [2.05, 4.69) is 0 Å². The standard InChI is InChI=1S/C20H12O5.Bi.3H/c21-11-5-7-15-17(9-11)24-18-10-12(22)6-8-16(18)20(15)14-4-2-1-3-13(14)19(23)25-20;;;;/h1-10,21-22H;;;;. The van der Waals surface area contributed by atoms with Crippen LogP contribution < -0.4 is 4.74 Å². The van der Waals surface area contributed by atoms with Gasteiger partial charge in [-0.2, -0.15) is 0 Å². The summed E-state index contributed by atoms with van der Waals surface area (Å²) >= 11 is 0. The summed E-state index contributed by atoms with van der Waals surface area (Å²) in [4.78, 5) is 12.5. The molecule has 0 unspecified atom stereocenters. The molecule has 2 heterocycles. The maximum absolute atomic E-state index is 12.5. The molecule has 0 saturated heterocycles. The number of benzene rings is 3. The van der Waals surface area contributed by atoms with Gasteiger partial charge in [0.15, 0.2) is 5.60 Å². The number of esters is 1. The molecule has 3 aromatic carbocycles. The predicted molar refractivity (Wildman–Crippen MR) is 98.0 cm³/mol. The third-order valence-corrected chi connectivity index (χ3v) is 4.68. The van der Waals surface area contributed by atoms with Crippen molar-refractivity contribution in [2.45, 2.75) is 5.60 Å². The van der Waals surface area contributed by atoms with Gasteiger partial charge in [0.2, 0.25) is 0 Å². The summed E-state index contributed by atoms with van der Waals surface area (Å²) in [5.41, 5.74) is 1.28. The summed E-state index contributed by atoms with van der Waals surface area (Å²) in [5, 5.41) is 19.7. The first kappa shape index (κ1) is 16.9. The number of rotatable bonds is 0. The van der Waals surface area contributed by atoms with Crippen LogP contribution in [0.4, 0.5) is 0 Å². The normalized spacial score (nSPS) is 15.2. The van der Waals surface area contributed by atoms with E-state index in [0.29, 0.717) is 33.8 Å². The first-order valence-electron chi connectivity index (χ1n) is 7.77. The van der Waals surface area contributed by atoms with E-state index < -0.39 is 11.6 Å². The minimum absolute atomic E-state index is 0. The molecule has 26 heavy (non-hydrogen) atoms. The van der Waals surface area contributed by atoms with Crippen LogP contribution in [-0.2, 0) is 10.3 Å². The fourth-order valence-corrected chi connectivity index (χ4v) is 3.65. The number of hydrogen-bond donors (Lipinski definition) is 2. The van der Waals surface area contributed by atoms with Crippen LogP contribution in [-0.4, -0.2) is 42.4 Å². The van der Waals surface area contributed by atoms with Gasteiger partial charge in [0.05, 0.1) is 5.56 Å². The van der Waals surface area contributed by atoms with Gasteiger partial charge in [0.25, 0.3) is 0 Å². The molecule has 2 N–H and O–H groups in total. The van der Waals surface area contributed by atoms with E-state index in [-0.39, 0.29) is 37.7 Å². The minimum atomic E-state index is -1.17. The van der Waals surface area contributed by atoms with Crippen molar-refractivity contribution in [3.05, 3.63) is 82.9 Å². The monoisotopic (exact) mass is 544 g/mol. The number of carbonyl (C=O) groups is 1. The van der Waals surface area contributed by atoms with E-state index in [1.54, 1.807) is 24.3 Å². The molecule has 0 aliphatic carbocycles. The van der Waals surface area contributed by atoms with Gasteiger partial charge < -0.3 is 19.7 Å². The summed E-state index contributed by atoms with van der Waals surface area (Å²) in [5.74, 6) is 0.408. The molecule has 0 aromatic heterocycles. The second-order valence-electron chi connectivity index (χ2n) is 6.08. The Balaban J connectivity index is 0.00000168. The van der Waals surface area contributed by atoms with Gasteiger partial charge in [-0.3, -0.25) is 0 Å². The van der Waals surface area contributed by atoms with E-state index in [1.807, 2.05) is 12.1 Å². The number of ether oxygens (including phenoxy) is 2. The summed E-state index contributed by atoms with van der Waals surface area (Å²) in [6.45, 7) is 0. The Morgan fingerprint density at radius 2 is 1.35 bits per heavy atom. The quantitative estimate of drug-likeness (QED) is 0.336. The van der Waals surface area contributed by atoms with Gasteiger partial charge in [-0.05, 0) is 30.3 Å². The number of fused-ring (bicyclic) bond motifs is 6. The Kier molecular flexibility index (Phi) is 3.70. The molecule has 6 heteroatoms. The molecule has 0 amide bonds. The summed E-state index contributed by atoms with van der Waals surface area (Å²) in [6.07, 6.45) is 0. The molecule has 5 rings (SSSR count). The molecule has 3 aromatic rings. The van der Waals surface area contributed by atoms with Gasteiger partial charge in [-0.15, -0.1) is 0 Å². The predicted octanol–water partition coefficient (Wildman–Crippen LogP) is 2.48. The first-order valence-corrected chi connectivity index (χ1v) is 7.77. The van der Waals surface area contributed by atoms with E-state index in [1.165, 1.54) is 24.3 Å². The Hall–Kier alpha value is -2.59. The molecule has 2 aliphatic rings.